The van der Waals surface area contributed by atoms with Crippen LogP contribution in [0.1, 0.15) is 43.7 Å². The highest BCUT2D eigenvalue weighted by Gasteiger charge is 2.34. The molecule has 1 saturated heterocycles. The minimum atomic E-state index is 0.485. The second-order valence-corrected chi connectivity index (χ2v) is 5.22. The maximum absolute atomic E-state index is 8.77. The van der Waals surface area contributed by atoms with Gasteiger partial charge in [-0.1, -0.05) is 19.3 Å². The van der Waals surface area contributed by atoms with Crippen LogP contribution in [0.3, 0.4) is 0 Å². The highest BCUT2D eigenvalue weighted by atomic mass is 15.4. The molecular weight excluding hydrogens is 212 g/mol. The first-order valence-electron chi connectivity index (χ1n) is 6.55. The molecule has 0 bridgehead atoms. The maximum Gasteiger partial charge on any atom is 0.102 e. The average molecular weight is 230 g/mol. The molecule has 1 aromatic heterocycles. The van der Waals surface area contributed by atoms with E-state index >= 15 is 0 Å². The van der Waals surface area contributed by atoms with Gasteiger partial charge in [-0.25, -0.2) is 0 Å². The number of aromatic nitrogens is 2. The Bertz CT molecular complexity index is 419. The Morgan fingerprint density at radius 1 is 1.18 bits per heavy atom. The van der Waals surface area contributed by atoms with Crippen LogP contribution in [-0.2, 0) is 0 Å². The molecule has 2 aliphatic rings. The van der Waals surface area contributed by atoms with E-state index < -0.39 is 0 Å². The summed E-state index contributed by atoms with van der Waals surface area (Å²) < 4.78 is 1.96. The van der Waals surface area contributed by atoms with E-state index in [9.17, 15) is 0 Å². The fraction of sp³-hybridized carbons (Fsp3) is 0.692. The molecule has 0 N–H and O–H groups in total. The molecule has 0 radical (unpaired) electrons. The fourth-order valence-corrected chi connectivity index (χ4v) is 3.00. The summed E-state index contributed by atoms with van der Waals surface area (Å²) in [6.07, 6.45) is 10.5. The molecule has 1 saturated carbocycles. The van der Waals surface area contributed by atoms with Gasteiger partial charge in [-0.05, 0) is 12.8 Å². The van der Waals surface area contributed by atoms with Gasteiger partial charge in [0.15, 0.2) is 0 Å². The Labute approximate surface area is 102 Å². The Morgan fingerprint density at radius 2 is 1.94 bits per heavy atom. The van der Waals surface area contributed by atoms with Crippen LogP contribution < -0.4 is 0 Å². The van der Waals surface area contributed by atoms with E-state index in [0.717, 1.165) is 19.1 Å². The topological polar surface area (TPSA) is 44.9 Å². The number of likely N-dealkylation sites (tertiary alicyclic amines) is 1. The Balaban J connectivity index is 1.55. The largest absolute Gasteiger partial charge is 0.296 e. The summed E-state index contributed by atoms with van der Waals surface area (Å²) >= 11 is 0. The van der Waals surface area contributed by atoms with Crippen molar-refractivity contribution in [2.75, 3.05) is 13.1 Å². The highest BCUT2D eigenvalue weighted by molar-refractivity contribution is 5.22. The Kier molecular flexibility index (Phi) is 2.86. The lowest BCUT2D eigenvalue weighted by atomic mass is 9.91. The van der Waals surface area contributed by atoms with Gasteiger partial charge >= 0.3 is 0 Å². The fourth-order valence-electron chi connectivity index (χ4n) is 3.00. The van der Waals surface area contributed by atoms with E-state index in [1.165, 1.54) is 32.1 Å². The third kappa shape index (κ3) is 2.07. The molecule has 0 unspecified atom stereocenters. The van der Waals surface area contributed by atoms with Gasteiger partial charge in [-0.15, -0.1) is 0 Å². The van der Waals surface area contributed by atoms with Crippen LogP contribution >= 0.6 is 0 Å². The molecule has 0 atom stereocenters. The van der Waals surface area contributed by atoms with Crippen molar-refractivity contribution in [3.63, 3.8) is 0 Å². The zero-order chi connectivity index (χ0) is 11.7. The third-order valence-corrected chi connectivity index (χ3v) is 4.09. The lowest BCUT2D eigenvalue weighted by molar-refractivity contribution is 0.0360. The Morgan fingerprint density at radius 3 is 2.59 bits per heavy atom. The van der Waals surface area contributed by atoms with Crippen molar-refractivity contribution in [3.8, 4) is 6.07 Å². The molecule has 1 aliphatic heterocycles. The van der Waals surface area contributed by atoms with E-state index in [4.69, 9.17) is 5.26 Å². The molecular formula is C13H18N4. The number of nitriles is 1. The van der Waals surface area contributed by atoms with Crippen LogP contribution in [0.15, 0.2) is 12.4 Å². The number of hydrogen-bond acceptors (Lipinski definition) is 3. The van der Waals surface area contributed by atoms with Crippen LogP contribution in [0.25, 0.3) is 0 Å². The highest BCUT2D eigenvalue weighted by Crippen LogP contribution is 2.30. The molecule has 4 heteroatoms. The van der Waals surface area contributed by atoms with Gasteiger partial charge in [0.25, 0.3) is 0 Å². The lowest BCUT2D eigenvalue weighted by Crippen LogP contribution is -2.53. The monoisotopic (exact) mass is 230 g/mol. The second-order valence-electron chi connectivity index (χ2n) is 5.22. The summed E-state index contributed by atoms with van der Waals surface area (Å²) in [5.74, 6) is 0. The van der Waals surface area contributed by atoms with Gasteiger partial charge in [0.2, 0.25) is 0 Å². The van der Waals surface area contributed by atoms with Gasteiger partial charge in [-0.2, -0.15) is 10.4 Å². The average Bonchev–Trinajstić information content (AvgIpc) is 2.77. The summed E-state index contributed by atoms with van der Waals surface area (Å²) in [4.78, 5) is 2.58. The summed E-state index contributed by atoms with van der Waals surface area (Å²) in [5, 5.41) is 13.0. The molecule has 90 valence electrons. The van der Waals surface area contributed by atoms with Crippen molar-refractivity contribution >= 4 is 0 Å². The predicted octanol–water partition coefficient (Wildman–Crippen LogP) is 1.94. The van der Waals surface area contributed by atoms with Crippen molar-refractivity contribution in [2.45, 2.75) is 44.2 Å². The summed E-state index contributed by atoms with van der Waals surface area (Å²) in [5.41, 5.74) is 0.668. The van der Waals surface area contributed by atoms with Crippen molar-refractivity contribution in [3.05, 3.63) is 18.0 Å². The second kappa shape index (κ2) is 4.50. The molecule has 0 spiro atoms. The van der Waals surface area contributed by atoms with E-state index in [2.05, 4.69) is 16.1 Å². The molecule has 2 fully saturated rings. The zero-order valence-corrected chi connectivity index (χ0v) is 10.0. The van der Waals surface area contributed by atoms with E-state index in [0.29, 0.717) is 11.6 Å². The first kappa shape index (κ1) is 10.8. The molecule has 3 rings (SSSR count). The molecule has 0 amide bonds. The van der Waals surface area contributed by atoms with Crippen LogP contribution in [0.4, 0.5) is 0 Å². The quantitative estimate of drug-likeness (QED) is 0.780. The summed E-state index contributed by atoms with van der Waals surface area (Å²) in [6, 6.07) is 3.42. The molecule has 4 nitrogen and oxygen atoms in total. The van der Waals surface area contributed by atoms with Crippen LogP contribution in [0, 0.1) is 11.3 Å². The number of hydrogen-bond donors (Lipinski definition) is 0. The molecule has 1 aromatic rings. The maximum atomic E-state index is 8.77. The smallest absolute Gasteiger partial charge is 0.102 e. The van der Waals surface area contributed by atoms with Crippen LogP contribution in [-0.4, -0.2) is 33.8 Å². The van der Waals surface area contributed by atoms with Crippen molar-refractivity contribution in [1.29, 1.82) is 5.26 Å². The minimum Gasteiger partial charge on any atom is -0.296 e. The van der Waals surface area contributed by atoms with Crippen LogP contribution in [0.2, 0.25) is 0 Å². The minimum absolute atomic E-state index is 0.485. The zero-order valence-electron chi connectivity index (χ0n) is 10.0. The van der Waals surface area contributed by atoms with Gasteiger partial charge < -0.3 is 0 Å². The van der Waals surface area contributed by atoms with Gasteiger partial charge in [0.05, 0.1) is 17.8 Å². The summed E-state index contributed by atoms with van der Waals surface area (Å²) in [6.45, 7) is 2.22. The van der Waals surface area contributed by atoms with Crippen molar-refractivity contribution < 1.29 is 0 Å². The first-order chi connectivity index (χ1) is 8.36. The van der Waals surface area contributed by atoms with E-state index in [-0.39, 0.29) is 0 Å². The van der Waals surface area contributed by atoms with Crippen LogP contribution in [0.5, 0.6) is 0 Å². The SMILES string of the molecule is N#Cc1cnn(C2CN(C3CCCCC3)C2)c1. The first-order valence-corrected chi connectivity index (χ1v) is 6.55. The summed E-state index contributed by atoms with van der Waals surface area (Å²) in [7, 11) is 0. The molecule has 0 aromatic carbocycles. The van der Waals surface area contributed by atoms with Gasteiger partial charge in [0.1, 0.15) is 6.07 Å². The molecule has 1 aliphatic carbocycles. The van der Waals surface area contributed by atoms with E-state index in [1.54, 1.807) is 6.20 Å². The number of rotatable bonds is 2. The lowest BCUT2D eigenvalue weighted by Gasteiger charge is -2.45. The third-order valence-electron chi connectivity index (χ3n) is 4.09. The standard InChI is InChI=1S/C13H18N4/c14-6-11-7-15-17(8-11)13-9-16(10-13)12-4-2-1-3-5-12/h7-8,12-13H,1-5,9-10H2. The normalized spacial score (nSPS) is 23.2. The molecule has 2 heterocycles. The Hall–Kier alpha value is -1.34. The van der Waals surface area contributed by atoms with Crippen molar-refractivity contribution in [1.82, 2.24) is 14.7 Å². The van der Waals surface area contributed by atoms with E-state index in [1.807, 2.05) is 10.9 Å². The molecule has 17 heavy (non-hydrogen) atoms. The van der Waals surface area contributed by atoms with Crippen molar-refractivity contribution in [2.24, 2.45) is 0 Å². The van der Waals surface area contributed by atoms with Gasteiger partial charge in [-0.3, -0.25) is 9.58 Å². The van der Waals surface area contributed by atoms with Gasteiger partial charge in [0, 0.05) is 25.3 Å². The predicted molar refractivity (Wildman–Crippen MR) is 64.4 cm³/mol. The number of nitrogens with zero attached hydrogens (tertiary/aromatic N) is 4.